The van der Waals surface area contributed by atoms with E-state index in [0.717, 1.165) is 16.9 Å². The summed E-state index contributed by atoms with van der Waals surface area (Å²) in [6, 6.07) is 22.9. The highest BCUT2D eigenvalue weighted by Gasteiger charge is 2.15. The van der Waals surface area contributed by atoms with Gasteiger partial charge >= 0.3 is 5.97 Å². The second kappa shape index (κ2) is 9.30. The van der Waals surface area contributed by atoms with E-state index in [1.54, 1.807) is 31.2 Å². The lowest BCUT2D eigenvalue weighted by Gasteiger charge is -2.20. The molecule has 0 saturated heterocycles. The van der Waals surface area contributed by atoms with E-state index >= 15 is 0 Å². The first-order valence-corrected chi connectivity index (χ1v) is 9.57. The highest BCUT2D eigenvalue weighted by atomic mass is 35.5. The van der Waals surface area contributed by atoms with E-state index in [1.165, 1.54) is 0 Å². The molecule has 0 saturated carbocycles. The Morgan fingerprint density at radius 3 is 2.45 bits per heavy atom. The number of rotatable bonds is 7. The molecule has 3 rings (SSSR count). The number of allylic oxidation sites excluding steroid dienone is 1. The molecule has 0 fully saturated rings. The Hall–Kier alpha value is -3.24. The van der Waals surface area contributed by atoms with Gasteiger partial charge in [0.25, 0.3) is 0 Å². The zero-order valence-corrected chi connectivity index (χ0v) is 17.1. The molecule has 3 aromatic rings. The molecule has 148 valence electrons. The predicted octanol–water partition coefficient (Wildman–Crippen LogP) is 6.17. The minimum absolute atomic E-state index is 0.207. The van der Waals surface area contributed by atoms with Crippen LogP contribution in [0.2, 0.25) is 5.02 Å². The van der Waals surface area contributed by atoms with Crippen LogP contribution in [0.15, 0.2) is 78.9 Å². The number of hydrogen-bond acceptors (Lipinski definition) is 3. The van der Waals surface area contributed by atoms with Gasteiger partial charge in [0.05, 0.1) is 5.57 Å². The second-order valence-electron chi connectivity index (χ2n) is 6.49. The van der Waals surface area contributed by atoms with E-state index in [-0.39, 0.29) is 12.2 Å². The van der Waals surface area contributed by atoms with E-state index in [2.05, 4.69) is 4.90 Å². The number of benzene rings is 3. The molecule has 0 aliphatic rings. The molecule has 0 unspecified atom stereocenters. The van der Waals surface area contributed by atoms with Crippen molar-refractivity contribution in [3.63, 3.8) is 0 Å². The number of halogens is 1. The Bertz CT molecular complexity index is 1030. The summed E-state index contributed by atoms with van der Waals surface area (Å²) in [7, 11) is 1.99. The molecule has 0 bridgehead atoms. The number of carboxylic acid groups (broad SMARTS) is 1. The molecule has 0 spiro atoms. The third-order valence-electron chi connectivity index (χ3n) is 4.62. The van der Waals surface area contributed by atoms with Crippen LogP contribution in [0.5, 0.6) is 5.75 Å². The molecule has 0 aromatic heterocycles. The van der Waals surface area contributed by atoms with Crippen LogP contribution in [0.4, 0.5) is 11.4 Å². The van der Waals surface area contributed by atoms with Gasteiger partial charge in [0.1, 0.15) is 12.4 Å². The van der Waals surface area contributed by atoms with Crippen molar-refractivity contribution in [1.29, 1.82) is 0 Å². The summed E-state index contributed by atoms with van der Waals surface area (Å²) < 4.78 is 5.98. The third-order valence-corrected chi connectivity index (χ3v) is 4.85. The predicted molar refractivity (Wildman–Crippen MR) is 118 cm³/mol. The van der Waals surface area contributed by atoms with E-state index in [0.29, 0.717) is 16.3 Å². The lowest BCUT2D eigenvalue weighted by molar-refractivity contribution is -0.130. The molecule has 5 heteroatoms. The smallest absolute Gasteiger partial charge is 0.335 e. The van der Waals surface area contributed by atoms with Gasteiger partial charge in [0.2, 0.25) is 0 Å². The summed E-state index contributed by atoms with van der Waals surface area (Å²) in [5, 5.41) is 10.00. The fraction of sp³-hybridized carbons (Fsp3) is 0.125. The zero-order valence-electron chi connectivity index (χ0n) is 16.3. The summed E-state index contributed by atoms with van der Waals surface area (Å²) in [6.45, 7) is 1.91. The first kappa shape index (κ1) is 20.5. The van der Waals surface area contributed by atoms with Gasteiger partial charge in [-0.05, 0) is 54.4 Å². The van der Waals surface area contributed by atoms with E-state index in [1.807, 2.05) is 61.6 Å². The van der Waals surface area contributed by atoms with Crippen molar-refractivity contribution in [3.05, 3.63) is 95.0 Å². The maximum absolute atomic E-state index is 11.5. The van der Waals surface area contributed by atoms with Crippen LogP contribution in [0.25, 0.3) is 5.57 Å². The molecule has 0 amide bonds. The van der Waals surface area contributed by atoms with Gasteiger partial charge in [-0.1, -0.05) is 48.0 Å². The molecular weight excluding hydrogens is 386 g/mol. The zero-order chi connectivity index (χ0) is 20.8. The summed E-state index contributed by atoms with van der Waals surface area (Å²) >= 11 is 6.13. The van der Waals surface area contributed by atoms with E-state index < -0.39 is 5.97 Å². The van der Waals surface area contributed by atoms with Gasteiger partial charge in [-0.2, -0.15) is 0 Å². The molecule has 4 nitrogen and oxygen atoms in total. The quantitative estimate of drug-likeness (QED) is 0.475. The molecule has 29 heavy (non-hydrogen) atoms. The van der Waals surface area contributed by atoms with Crippen LogP contribution >= 0.6 is 11.6 Å². The first-order chi connectivity index (χ1) is 14.0. The van der Waals surface area contributed by atoms with Crippen molar-refractivity contribution < 1.29 is 14.6 Å². The Morgan fingerprint density at radius 2 is 1.76 bits per heavy atom. The minimum Gasteiger partial charge on any atom is -0.489 e. The highest BCUT2D eigenvalue weighted by Crippen LogP contribution is 2.28. The summed E-state index contributed by atoms with van der Waals surface area (Å²) in [6.07, 6.45) is 1.57. The number of carbonyl (C=O) groups is 1. The summed E-state index contributed by atoms with van der Waals surface area (Å²) in [4.78, 5) is 13.6. The molecule has 0 atom stereocenters. The molecule has 0 radical (unpaired) electrons. The number of nitrogens with zero attached hydrogens (tertiary/aromatic N) is 1. The van der Waals surface area contributed by atoms with Crippen molar-refractivity contribution in [3.8, 4) is 5.75 Å². The number of hydrogen-bond donors (Lipinski definition) is 1. The Labute approximate surface area is 175 Å². The van der Waals surface area contributed by atoms with Crippen molar-refractivity contribution in [2.45, 2.75) is 13.5 Å². The van der Waals surface area contributed by atoms with Crippen LogP contribution in [-0.4, -0.2) is 18.1 Å². The fourth-order valence-electron chi connectivity index (χ4n) is 3.08. The minimum atomic E-state index is -0.984. The Kier molecular flexibility index (Phi) is 6.57. The largest absolute Gasteiger partial charge is 0.489 e. The molecule has 0 heterocycles. The molecular formula is C24H22ClNO3. The average molecular weight is 408 g/mol. The van der Waals surface area contributed by atoms with Gasteiger partial charge in [-0.15, -0.1) is 0 Å². The van der Waals surface area contributed by atoms with Crippen LogP contribution < -0.4 is 9.64 Å². The van der Waals surface area contributed by atoms with E-state index in [4.69, 9.17) is 16.3 Å². The van der Waals surface area contributed by atoms with E-state index in [9.17, 15) is 9.90 Å². The molecule has 0 aliphatic heterocycles. The second-order valence-corrected chi connectivity index (χ2v) is 6.93. The number of anilines is 2. The monoisotopic (exact) mass is 407 g/mol. The average Bonchev–Trinajstić information content (AvgIpc) is 2.74. The number of aliphatic carboxylic acids is 1. The van der Waals surface area contributed by atoms with Gasteiger partial charge in [-0.3, -0.25) is 0 Å². The van der Waals surface area contributed by atoms with Gasteiger partial charge in [0.15, 0.2) is 0 Å². The van der Waals surface area contributed by atoms with Crippen molar-refractivity contribution >= 4 is 34.5 Å². The van der Waals surface area contributed by atoms with Gasteiger partial charge in [-0.25, -0.2) is 4.79 Å². The lowest BCUT2D eigenvalue weighted by atomic mass is 10.00. The number of ether oxygens (including phenoxy) is 1. The first-order valence-electron chi connectivity index (χ1n) is 9.19. The summed E-state index contributed by atoms with van der Waals surface area (Å²) in [5.74, 6) is -0.295. The van der Waals surface area contributed by atoms with Crippen LogP contribution in [-0.2, 0) is 11.4 Å². The van der Waals surface area contributed by atoms with Crippen molar-refractivity contribution in [1.82, 2.24) is 0 Å². The van der Waals surface area contributed by atoms with Crippen LogP contribution in [0.3, 0.4) is 0 Å². The Morgan fingerprint density at radius 1 is 1.03 bits per heavy atom. The normalized spacial score (nSPS) is 11.2. The van der Waals surface area contributed by atoms with Crippen molar-refractivity contribution in [2.75, 3.05) is 11.9 Å². The third kappa shape index (κ3) is 4.98. The maximum Gasteiger partial charge on any atom is 0.335 e. The van der Waals surface area contributed by atoms with Gasteiger partial charge < -0.3 is 14.7 Å². The number of carboxylic acids is 1. The Balaban J connectivity index is 1.82. The van der Waals surface area contributed by atoms with Crippen molar-refractivity contribution in [2.24, 2.45) is 0 Å². The van der Waals surface area contributed by atoms with Gasteiger partial charge in [0, 0.05) is 29.5 Å². The molecule has 0 aliphatic carbocycles. The SMILES string of the molecule is CC=C(C(=O)O)c1ccc(Cl)cc1COc1cccc(N(C)c2ccccc2)c1. The van der Waals surface area contributed by atoms with Crippen LogP contribution in [0.1, 0.15) is 18.1 Å². The highest BCUT2D eigenvalue weighted by molar-refractivity contribution is 6.30. The maximum atomic E-state index is 11.5. The topological polar surface area (TPSA) is 49.8 Å². The standard InChI is InChI=1S/C24H22ClNO3/c1-3-22(24(27)28)23-13-12-18(25)14-17(23)16-29-21-11-7-10-20(15-21)26(2)19-8-5-4-6-9-19/h3-15H,16H2,1-2H3,(H,27,28). The van der Waals surface area contributed by atoms with Crippen LogP contribution in [0, 0.1) is 0 Å². The molecule has 3 aromatic carbocycles. The lowest BCUT2D eigenvalue weighted by Crippen LogP contribution is -2.09. The summed E-state index contributed by atoms with van der Waals surface area (Å²) in [5.41, 5.74) is 3.59. The number of para-hydroxylation sites is 1. The molecule has 1 N–H and O–H groups in total. The fourth-order valence-corrected chi connectivity index (χ4v) is 3.28.